The molecule has 4 heteroatoms. The van der Waals surface area contributed by atoms with Crippen molar-refractivity contribution in [2.24, 2.45) is 35.5 Å². The molecule has 0 aliphatic heterocycles. The molecule has 6 atom stereocenters. The van der Waals surface area contributed by atoms with Crippen molar-refractivity contribution < 1.29 is 19.1 Å². The van der Waals surface area contributed by atoms with Gasteiger partial charge in [0, 0.05) is 0 Å². The highest BCUT2D eigenvalue weighted by Gasteiger charge is 2.79. The standard InChI is InChI=1S/C13H14O4/c1-16-12(14)10-8-5-3-4-6(8)7(4)9(5)11(10)13(15)17-2/h4-9H,3H2,1-2H3/t4?,5?,6-,7+,8-,9-/m0/s1. The molecule has 0 saturated heterocycles. The van der Waals surface area contributed by atoms with Gasteiger partial charge in [-0.1, -0.05) is 0 Å². The van der Waals surface area contributed by atoms with Crippen molar-refractivity contribution in [3.8, 4) is 0 Å². The van der Waals surface area contributed by atoms with Gasteiger partial charge in [0.1, 0.15) is 0 Å². The molecule has 0 amide bonds. The van der Waals surface area contributed by atoms with Crippen molar-refractivity contribution in [2.75, 3.05) is 14.2 Å². The molecule has 0 heterocycles. The van der Waals surface area contributed by atoms with Crippen molar-refractivity contribution in [1.82, 2.24) is 0 Å². The number of rotatable bonds is 2. The highest BCUT2D eigenvalue weighted by atomic mass is 16.5. The van der Waals surface area contributed by atoms with E-state index in [-0.39, 0.29) is 23.8 Å². The zero-order valence-corrected chi connectivity index (χ0v) is 9.80. The summed E-state index contributed by atoms with van der Waals surface area (Å²) < 4.78 is 9.68. The maximum atomic E-state index is 11.9. The van der Waals surface area contributed by atoms with E-state index in [0.29, 0.717) is 28.9 Å². The molecule has 90 valence electrons. The van der Waals surface area contributed by atoms with Gasteiger partial charge in [-0.3, -0.25) is 0 Å². The van der Waals surface area contributed by atoms with Crippen LogP contribution in [0, 0.1) is 35.5 Å². The summed E-state index contributed by atoms with van der Waals surface area (Å²) in [6.07, 6.45) is 1.19. The third-order valence-corrected chi connectivity index (χ3v) is 5.36. The van der Waals surface area contributed by atoms with E-state index in [2.05, 4.69) is 0 Å². The Morgan fingerprint density at radius 3 is 1.76 bits per heavy atom. The zero-order valence-electron chi connectivity index (χ0n) is 9.80. The highest BCUT2D eigenvalue weighted by Crippen LogP contribution is 2.81. The lowest BCUT2D eigenvalue weighted by atomic mass is 9.92. The van der Waals surface area contributed by atoms with Gasteiger partial charge in [0.05, 0.1) is 25.4 Å². The molecule has 2 unspecified atom stereocenters. The van der Waals surface area contributed by atoms with Gasteiger partial charge in [0.2, 0.25) is 0 Å². The van der Waals surface area contributed by atoms with Crippen molar-refractivity contribution in [2.45, 2.75) is 6.42 Å². The van der Waals surface area contributed by atoms with Gasteiger partial charge < -0.3 is 9.47 Å². The van der Waals surface area contributed by atoms with Crippen molar-refractivity contribution in [3.05, 3.63) is 11.1 Å². The lowest BCUT2D eigenvalue weighted by Crippen LogP contribution is -2.21. The Bertz CT molecular complexity index is 438. The predicted octanol–water partition coefficient (Wildman–Crippen LogP) is 0.771. The largest absolute Gasteiger partial charge is 0.466 e. The van der Waals surface area contributed by atoms with E-state index in [0.717, 1.165) is 5.92 Å². The fraction of sp³-hybridized carbons (Fsp3) is 0.692. The third-order valence-electron chi connectivity index (χ3n) is 5.36. The molecule has 5 aliphatic carbocycles. The molecule has 0 radical (unpaired) electrons. The SMILES string of the molecule is COC(=O)C1=C(C(=O)OC)[C@H]2C3CC4[C@H]([C@H]42)[C@@H]13. The Morgan fingerprint density at radius 1 is 0.941 bits per heavy atom. The van der Waals surface area contributed by atoms with E-state index < -0.39 is 0 Å². The summed E-state index contributed by atoms with van der Waals surface area (Å²) in [7, 11) is 2.76. The number of methoxy groups -OCH3 is 2. The second-order valence-corrected chi connectivity index (χ2v) is 5.58. The van der Waals surface area contributed by atoms with Crippen molar-refractivity contribution in [3.63, 3.8) is 0 Å². The molecule has 17 heavy (non-hydrogen) atoms. The van der Waals surface area contributed by atoms with Crippen molar-refractivity contribution >= 4 is 11.9 Å². The highest BCUT2D eigenvalue weighted by molar-refractivity contribution is 6.03. The van der Waals surface area contributed by atoms with Crippen LogP contribution in [0.2, 0.25) is 0 Å². The Hall–Kier alpha value is -1.32. The van der Waals surface area contributed by atoms with Gasteiger partial charge in [-0.15, -0.1) is 0 Å². The molecule has 5 aliphatic rings. The Balaban J connectivity index is 1.83. The average molecular weight is 234 g/mol. The molecule has 0 spiro atoms. The predicted molar refractivity (Wildman–Crippen MR) is 56.6 cm³/mol. The molecule has 0 aromatic rings. The summed E-state index contributed by atoms with van der Waals surface area (Å²) in [5.74, 6) is 2.52. The Morgan fingerprint density at radius 2 is 1.41 bits per heavy atom. The van der Waals surface area contributed by atoms with Gasteiger partial charge in [0.15, 0.2) is 0 Å². The normalized spacial score (nSPS) is 47.4. The van der Waals surface area contributed by atoms with Crippen LogP contribution in [0.15, 0.2) is 11.1 Å². The lowest BCUT2D eigenvalue weighted by Gasteiger charge is -2.15. The number of hydrogen-bond acceptors (Lipinski definition) is 4. The van der Waals surface area contributed by atoms with E-state index in [9.17, 15) is 9.59 Å². The van der Waals surface area contributed by atoms with E-state index in [1.54, 1.807) is 0 Å². The fourth-order valence-corrected chi connectivity index (χ4v) is 5.04. The molecule has 5 rings (SSSR count). The third kappa shape index (κ3) is 0.850. The number of ether oxygens (including phenoxy) is 2. The second-order valence-electron chi connectivity index (χ2n) is 5.58. The van der Waals surface area contributed by atoms with Crippen molar-refractivity contribution in [1.29, 1.82) is 0 Å². The minimum Gasteiger partial charge on any atom is -0.466 e. The molecule has 4 fully saturated rings. The number of hydrogen-bond donors (Lipinski definition) is 0. The minimum absolute atomic E-state index is 0.288. The van der Waals surface area contributed by atoms with Crippen LogP contribution in [-0.4, -0.2) is 26.2 Å². The van der Waals surface area contributed by atoms with Gasteiger partial charge in [-0.2, -0.15) is 0 Å². The second kappa shape index (κ2) is 2.74. The maximum absolute atomic E-state index is 11.9. The smallest absolute Gasteiger partial charge is 0.334 e. The van der Waals surface area contributed by atoms with Gasteiger partial charge in [-0.05, 0) is 41.9 Å². The molecule has 0 aromatic carbocycles. The first kappa shape index (κ1) is 9.68. The summed E-state index contributed by atoms with van der Waals surface area (Å²) in [5.41, 5.74) is 1.27. The van der Waals surface area contributed by atoms with Gasteiger partial charge in [-0.25, -0.2) is 9.59 Å². The molecular formula is C13H14O4. The van der Waals surface area contributed by atoms with Gasteiger partial charge in [0.25, 0.3) is 0 Å². The quantitative estimate of drug-likeness (QED) is 0.662. The van der Waals surface area contributed by atoms with Crippen LogP contribution in [0.3, 0.4) is 0 Å². The van der Waals surface area contributed by atoms with E-state index in [1.807, 2.05) is 0 Å². The van der Waals surface area contributed by atoms with Crippen LogP contribution in [-0.2, 0) is 19.1 Å². The summed E-state index contributed by atoms with van der Waals surface area (Å²) in [4.78, 5) is 23.8. The van der Waals surface area contributed by atoms with Crippen LogP contribution in [0.25, 0.3) is 0 Å². The van der Waals surface area contributed by atoms with Crippen LogP contribution in [0.5, 0.6) is 0 Å². The minimum atomic E-state index is -0.325. The Labute approximate surface area is 99.0 Å². The van der Waals surface area contributed by atoms with Gasteiger partial charge >= 0.3 is 11.9 Å². The molecule has 6 bridgehead atoms. The number of carbonyl (C=O) groups excluding carboxylic acids is 2. The first-order chi connectivity index (χ1) is 8.20. The first-order valence-electron chi connectivity index (χ1n) is 6.11. The molecule has 0 aromatic heterocycles. The zero-order chi connectivity index (χ0) is 11.9. The monoisotopic (exact) mass is 234 g/mol. The van der Waals surface area contributed by atoms with Crippen LogP contribution in [0.4, 0.5) is 0 Å². The molecule has 4 saturated carbocycles. The fourth-order valence-electron chi connectivity index (χ4n) is 5.04. The summed E-state index contributed by atoms with van der Waals surface area (Å²) in [6, 6.07) is 0. The van der Waals surface area contributed by atoms with E-state index >= 15 is 0 Å². The molecule has 0 N–H and O–H groups in total. The summed E-state index contributed by atoms with van der Waals surface area (Å²) >= 11 is 0. The average Bonchev–Trinajstić information content (AvgIpc) is 2.75. The summed E-state index contributed by atoms with van der Waals surface area (Å²) in [5, 5.41) is 0. The Kier molecular flexibility index (Phi) is 1.56. The first-order valence-corrected chi connectivity index (χ1v) is 6.11. The van der Waals surface area contributed by atoms with E-state index in [1.165, 1.54) is 20.6 Å². The van der Waals surface area contributed by atoms with Crippen LogP contribution < -0.4 is 0 Å². The van der Waals surface area contributed by atoms with Crippen LogP contribution >= 0.6 is 0 Å². The molecule has 4 nitrogen and oxygen atoms in total. The lowest BCUT2D eigenvalue weighted by molar-refractivity contribution is -0.140. The maximum Gasteiger partial charge on any atom is 0.334 e. The van der Waals surface area contributed by atoms with Crippen LogP contribution in [0.1, 0.15) is 6.42 Å². The molecular weight excluding hydrogens is 220 g/mol. The van der Waals surface area contributed by atoms with E-state index in [4.69, 9.17) is 9.47 Å². The topological polar surface area (TPSA) is 52.6 Å². The number of carbonyl (C=O) groups is 2. The summed E-state index contributed by atoms with van der Waals surface area (Å²) in [6.45, 7) is 0. The number of esters is 2.